The summed E-state index contributed by atoms with van der Waals surface area (Å²) in [6, 6.07) is 16.9. The minimum Gasteiger partial charge on any atom is -0.480 e. The van der Waals surface area contributed by atoms with Gasteiger partial charge in [0.15, 0.2) is 11.8 Å². The lowest BCUT2D eigenvalue weighted by atomic mass is 9.94. The molecule has 6 atom stereocenters. The van der Waals surface area contributed by atoms with Crippen LogP contribution in [0.1, 0.15) is 18.7 Å². The van der Waals surface area contributed by atoms with Crippen LogP contribution in [0.2, 0.25) is 0 Å². The molecule has 0 spiro atoms. The number of aliphatic hydroxyl groups is 2. The van der Waals surface area contributed by atoms with E-state index in [0.29, 0.717) is 10.1 Å². The molecule has 2 unspecified atom stereocenters. The van der Waals surface area contributed by atoms with Gasteiger partial charge in [-0.05, 0) is 30.7 Å². The highest BCUT2D eigenvalue weighted by Gasteiger charge is 2.62. The van der Waals surface area contributed by atoms with E-state index in [1.807, 2.05) is 0 Å². The van der Waals surface area contributed by atoms with Crippen molar-refractivity contribution in [3.05, 3.63) is 89.0 Å². The molecule has 0 radical (unpaired) electrons. The van der Waals surface area contributed by atoms with Crippen LogP contribution >= 0.6 is 7.75 Å². The molecule has 6 N–H and O–H groups in total. The van der Waals surface area contributed by atoms with E-state index < -0.39 is 62.0 Å². The predicted molar refractivity (Wildman–Crippen MR) is 144 cm³/mol. The van der Waals surface area contributed by atoms with E-state index in [2.05, 4.69) is 10.1 Å². The van der Waals surface area contributed by atoms with Gasteiger partial charge >= 0.3 is 19.4 Å². The number of benzene rings is 2. The van der Waals surface area contributed by atoms with Gasteiger partial charge in [-0.25, -0.2) is 18.1 Å². The first kappa shape index (κ1) is 31.2. The number of nitrogen functional groups attached to an aromatic ring is 1. The van der Waals surface area contributed by atoms with Crippen molar-refractivity contribution in [1.82, 2.24) is 14.6 Å². The topological polar surface area (TPSA) is 195 Å². The van der Waals surface area contributed by atoms with Crippen molar-refractivity contribution in [3.63, 3.8) is 0 Å². The molecule has 1 aromatic heterocycles. The zero-order valence-electron chi connectivity index (χ0n) is 22.1. The summed E-state index contributed by atoms with van der Waals surface area (Å²) in [5, 5.41) is 33.7. The van der Waals surface area contributed by atoms with Crippen molar-refractivity contribution in [1.29, 1.82) is 0 Å². The standard InChI is InChI=1S/C26H29F2N4O9P/c1-25(23(35)36,14-16-8-4-2-5-9-16)31-42(38,41-17-10-6-3-7-11-17)39-15-26(22(27)28)20(34)19(33)21(40-26)32-13-12-18(29)30-24(32)37/h2-13,19-22,33-34H,14-15H2,1H3,(H,31,38)(H,35,36)(H2,29,30,37)/t19-,20+,21-,25?,26-,42?/m1/s1. The van der Waals surface area contributed by atoms with Gasteiger partial charge in [-0.15, -0.1) is 0 Å². The van der Waals surface area contributed by atoms with Crippen LogP contribution in [0, 0.1) is 0 Å². The van der Waals surface area contributed by atoms with Crippen LogP contribution in [0.4, 0.5) is 14.6 Å². The second-order valence-electron chi connectivity index (χ2n) is 9.83. The maximum absolute atomic E-state index is 14.6. The Morgan fingerprint density at radius 3 is 2.38 bits per heavy atom. The van der Waals surface area contributed by atoms with Gasteiger partial charge < -0.3 is 30.3 Å². The number of carboxylic acid groups (broad SMARTS) is 1. The Hall–Kier alpha value is -3.72. The molecule has 1 fully saturated rings. The molecule has 0 aliphatic carbocycles. The number of carboxylic acids is 1. The molecule has 0 amide bonds. The first-order chi connectivity index (χ1) is 19.8. The van der Waals surface area contributed by atoms with Crippen molar-refractivity contribution >= 4 is 19.5 Å². The number of aliphatic hydroxyl groups excluding tert-OH is 2. The highest BCUT2D eigenvalue weighted by molar-refractivity contribution is 7.52. The number of para-hydroxylation sites is 1. The van der Waals surface area contributed by atoms with Crippen LogP contribution < -0.4 is 21.0 Å². The lowest BCUT2D eigenvalue weighted by Gasteiger charge is -2.34. The van der Waals surface area contributed by atoms with Crippen molar-refractivity contribution in [3.8, 4) is 5.75 Å². The third-order valence-corrected chi connectivity index (χ3v) is 8.32. The highest BCUT2D eigenvalue weighted by Crippen LogP contribution is 2.50. The smallest absolute Gasteiger partial charge is 0.459 e. The van der Waals surface area contributed by atoms with E-state index in [9.17, 15) is 38.3 Å². The van der Waals surface area contributed by atoms with E-state index in [0.717, 1.165) is 12.3 Å². The number of halogens is 2. The number of hydrogen-bond acceptors (Lipinski definition) is 10. The Morgan fingerprint density at radius 2 is 1.81 bits per heavy atom. The molecule has 2 aromatic carbocycles. The van der Waals surface area contributed by atoms with E-state index in [4.69, 9.17) is 19.5 Å². The molecule has 226 valence electrons. The fraction of sp³-hybridized carbons (Fsp3) is 0.346. The maximum atomic E-state index is 14.6. The van der Waals surface area contributed by atoms with Crippen LogP contribution in [-0.2, 0) is 25.0 Å². The molecule has 1 aliphatic heterocycles. The number of anilines is 1. The van der Waals surface area contributed by atoms with Gasteiger partial charge in [-0.1, -0.05) is 48.5 Å². The number of alkyl halides is 2. The minimum atomic E-state index is -4.88. The van der Waals surface area contributed by atoms with Gasteiger partial charge in [-0.3, -0.25) is 13.9 Å². The van der Waals surface area contributed by atoms with Gasteiger partial charge in [-0.2, -0.15) is 10.1 Å². The van der Waals surface area contributed by atoms with Gasteiger partial charge in [0.05, 0.1) is 6.61 Å². The number of ether oxygens (including phenoxy) is 1. The quantitative estimate of drug-likeness (QED) is 0.187. The van der Waals surface area contributed by atoms with Crippen molar-refractivity contribution < 1.29 is 47.2 Å². The number of nitrogens with two attached hydrogens (primary N) is 1. The van der Waals surface area contributed by atoms with Crippen molar-refractivity contribution in [2.75, 3.05) is 12.3 Å². The van der Waals surface area contributed by atoms with Gasteiger partial charge in [0.1, 0.15) is 29.3 Å². The van der Waals surface area contributed by atoms with Crippen LogP contribution in [0.25, 0.3) is 0 Å². The average Bonchev–Trinajstić information content (AvgIpc) is 3.19. The molecule has 1 aliphatic rings. The lowest BCUT2D eigenvalue weighted by Crippen LogP contribution is -2.54. The van der Waals surface area contributed by atoms with Crippen molar-refractivity contribution in [2.45, 2.75) is 49.3 Å². The summed E-state index contributed by atoms with van der Waals surface area (Å²) in [5.74, 6) is -1.70. The Labute approximate surface area is 238 Å². The van der Waals surface area contributed by atoms with Gasteiger partial charge in [0.25, 0.3) is 6.43 Å². The second kappa shape index (κ2) is 12.3. The number of nitrogens with zero attached hydrogens (tertiary/aromatic N) is 2. The largest absolute Gasteiger partial charge is 0.480 e. The van der Waals surface area contributed by atoms with Crippen LogP contribution in [0.5, 0.6) is 5.75 Å². The van der Waals surface area contributed by atoms with Gasteiger partial charge in [0.2, 0.25) is 0 Å². The van der Waals surface area contributed by atoms with E-state index in [1.54, 1.807) is 36.4 Å². The number of hydrogen-bond donors (Lipinski definition) is 5. The summed E-state index contributed by atoms with van der Waals surface area (Å²) in [6.45, 7) is -0.161. The highest BCUT2D eigenvalue weighted by atomic mass is 31.2. The van der Waals surface area contributed by atoms with E-state index >= 15 is 0 Å². The summed E-state index contributed by atoms with van der Waals surface area (Å²) in [6.07, 6.45) is -9.07. The Bertz CT molecular complexity index is 1500. The Kier molecular flexibility index (Phi) is 9.11. The number of aromatic nitrogens is 2. The Morgan fingerprint density at radius 1 is 1.19 bits per heavy atom. The van der Waals surface area contributed by atoms with E-state index in [-0.39, 0.29) is 18.0 Å². The molecular weight excluding hydrogens is 581 g/mol. The number of nitrogens with one attached hydrogen (secondary N) is 1. The fourth-order valence-electron chi connectivity index (χ4n) is 4.37. The SMILES string of the molecule is CC(Cc1ccccc1)(NP(=O)(OC[C@@]1(C(F)F)O[C@@H](n2ccc(N)nc2=O)[C@H](O)[C@@H]1O)Oc1ccccc1)C(=O)O. The summed E-state index contributed by atoms with van der Waals surface area (Å²) >= 11 is 0. The molecule has 2 heterocycles. The minimum absolute atomic E-state index is 0.0582. The molecule has 13 nitrogen and oxygen atoms in total. The summed E-state index contributed by atoms with van der Waals surface area (Å²) < 4.78 is 60.2. The first-order valence-electron chi connectivity index (χ1n) is 12.5. The lowest BCUT2D eigenvalue weighted by molar-refractivity contribution is -0.193. The van der Waals surface area contributed by atoms with Crippen molar-refractivity contribution in [2.24, 2.45) is 0 Å². The summed E-state index contributed by atoms with van der Waals surface area (Å²) in [7, 11) is -4.88. The van der Waals surface area contributed by atoms with Crippen LogP contribution in [0.3, 0.4) is 0 Å². The third-order valence-electron chi connectivity index (χ3n) is 6.64. The zero-order valence-corrected chi connectivity index (χ0v) is 23.0. The first-order valence-corrected chi connectivity index (χ1v) is 14.1. The summed E-state index contributed by atoms with van der Waals surface area (Å²) in [5.41, 5.74) is -0.117. The molecule has 1 saturated heterocycles. The monoisotopic (exact) mass is 610 g/mol. The molecule has 42 heavy (non-hydrogen) atoms. The number of carbonyl (C=O) groups is 1. The number of aliphatic carboxylic acids is 1. The summed E-state index contributed by atoms with van der Waals surface area (Å²) in [4.78, 5) is 28.1. The normalized spacial score (nSPS) is 25.0. The molecule has 0 saturated carbocycles. The second-order valence-corrected chi connectivity index (χ2v) is 11.5. The molecule has 4 rings (SSSR count). The van der Waals surface area contributed by atoms with E-state index in [1.165, 1.54) is 31.2 Å². The van der Waals surface area contributed by atoms with Crippen LogP contribution in [0.15, 0.2) is 77.7 Å². The predicted octanol–water partition coefficient (Wildman–Crippen LogP) is 1.96. The Balaban J connectivity index is 1.67. The molecular formula is C26H29F2N4O9P. The molecule has 16 heteroatoms. The third kappa shape index (κ3) is 6.51. The maximum Gasteiger partial charge on any atom is 0.459 e. The fourth-order valence-corrected chi connectivity index (χ4v) is 6.08. The number of rotatable bonds is 12. The average molecular weight is 611 g/mol. The molecule has 3 aromatic rings. The molecule has 0 bridgehead atoms. The van der Waals surface area contributed by atoms with Crippen LogP contribution in [-0.4, -0.2) is 67.2 Å². The zero-order chi connectivity index (χ0) is 30.7. The van der Waals surface area contributed by atoms with Gasteiger partial charge in [0, 0.05) is 12.6 Å².